The summed E-state index contributed by atoms with van der Waals surface area (Å²) in [6.45, 7) is 5.47. The molecule has 1 aliphatic rings. The molecule has 2 nitrogen and oxygen atoms in total. The van der Waals surface area contributed by atoms with Crippen molar-refractivity contribution in [3.63, 3.8) is 0 Å². The van der Waals surface area contributed by atoms with Crippen molar-refractivity contribution in [1.82, 2.24) is 4.90 Å². The highest BCUT2D eigenvalue weighted by atomic mass is 32.1. The summed E-state index contributed by atoms with van der Waals surface area (Å²) in [6.07, 6.45) is 6.36. The molecule has 1 saturated carbocycles. The summed E-state index contributed by atoms with van der Waals surface area (Å²) in [5.74, 6) is 0.772. The van der Waals surface area contributed by atoms with E-state index in [0.717, 1.165) is 18.9 Å². The molecular weight excluding hydrogens is 252 g/mol. The molecule has 1 aromatic rings. The smallest absolute Gasteiger partial charge is 0.0359 e. The predicted octanol–water partition coefficient (Wildman–Crippen LogP) is 3.52. The van der Waals surface area contributed by atoms with Crippen LogP contribution in [-0.4, -0.2) is 30.1 Å². The molecule has 3 unspecified atom stereocenters. The molecule has 1 fully saturated rings. The lowest BCUT2D eigenvalue weighted by Crippen LogP contribution is -2.57. The van der Waals surface area contributed by atoms with Crippen molar-refractivity contribution in [2.24, 2.45) is 11.7 Å². The summed E-state index contributed by atoms with van der Waals surface area (Å²) in [4.78, 5) is 4.08. The van der Waals surface area contributed by atoms with Gasteiger partial charge in [0.05, 0.1) is 0 Å². The topological polar surface area (TPSA) is 29.3 Å². The first kappa shape index (κ1) is 15.0. The van der Waals surface area contributed by atoms with Gasteiger partial charge in [0.25, 0.3) is 0 Å². The van der Waals surface area contributed by atoms with Crippen LogP contribution >= 0.6 is 11.3 Å². The molecule has 0 aliphatic heterocycles. The van der Waals surface area contributed by atoms with Crippen LogP contribution in [0.15, 0.2) is 17.5 Å². The molecule has 1 aromatic heterocycles. The van der Waals surface area contributed by atoms with E-state index in [0.29, 0.717) is 6.04 Å². The Morgan fingerprint density at radius 3 is 2.95 bits per heavy atom. The molecule has 2 N–H and O–H groups in total. The van der Waals surface area contributed by atoms with Crippen molar-refractivity contribution >= 4 is 11.3 Å². The van der Waals surface area contributed by atoms with Crippen LogP contribution < -0.4 is 5.73 Å². The molecule has 2 rings (SSSR count). The molecule has 0 aromatic carbocycles. The lowest BCUT2D eigenvalue weighted by molar-refractivity contribution is 0.0483. The summed E-state index contributed by atoms with van der Waals surface area (Å²) in [6, 6.07) is 4.96. The predicted molar refractivity (Wildman–Crippen MR) is 84.7 cm³/mol. The molecule has 3 atom stereocenters. The minimum atomic E-state index is 0.241. The Morgan fingerprint density at radius 1 is 1.58 bits per heavy atom. The summed E-state index contributed by atoms with van der Waals surface area (Å²) >= 11 is 1.87. The number of likely N-dealkylation sites (N-methyl/N-ethyl adjacent to an activating group) is 1. The Morgan fingerprint density at radius 2 is 2.37 bits per heavy atom. The number of nitrogens with zero attached hydrogens (tertiary/aromatic N) is 1. The van der Waals surface area contributed by atoms with Crippen LogP contribution in [0.2, 0.25) is 0 Å². The van der Waals surface area contributed by atoms with Crippen molar-refractivity contribution in [3.8, 4) is 0 Å². The van der Waals surface area contributed by atoms with Crippen LogP contribution in [0.4, 0.5) is 0 Å². The molecule has 0 amide bonds. The maximum absolute atomic E-state index is 6.21. The van der Waals surface area contributed by atoms with Gasteiger partial charge in [-0.05, 0) is 50.6 Å². The van der Waals surface area contributed by atoms with E-state index in [9.17, 15) is 0 Å². The molecule has 1 aliphatic carbocycles. The zero-order chi connectivity index (χ0) is 13.9. The average molecular weight is 280 g/mol. The molecule has 0 radical (unpaired) electrons. The van der Waals surface area contributed by atoms with Gasteiger partial charge in [0.1, 0.15) is 0 Å². The van der Waals surface area contributed by atoms with Gasteiger partial charge in [0.15, 0.2) is 0 Å². The SMILES string of the molecule is CCC1CCCC1(CN)N(C)C(C)Cc1cccs1. The molecule has 0 bridgehead atoms. The molecule has 108 valence electrons. The van der Waals surface area contributed by atoms with Gasteiger partial charge in [0, 0.05) is 23.0 Å². The second-order valence-electron chi connectivity index (χ2n) is 6.05. The van der Waals surface area contributed by atoms with Crippen molar-refractivity contribution in [3.05, 3.63) is 22.4 Å². The van der Waals surface area contributed by atoms with Gasteiger partial charge in [0.2, 0.25) is 0 Å². The molecule has 0 saturated heterocycles. The van der Waals surface area contributed by atoms with E-state index < -0.39 is 0 Å². The third kappa shape index (κ3) is 2.88. The monoisotopic (exact) mass is 280 g/mol. The molecule has 3 heteroatoms. The van der Waals surface area contributed by atoms with Gasteiger partial charge in [-0.1, -0.05) is 25.8 Å². The maximum Gasteiger partial charge on any atom is 0.0359 e. The van der Waals surface area contributed by atoms with Crippen molar-refractivity contribution < 1.29 is 0 Å². The molecular formula is C16H28N2S. The van der Waals surface area contributed by atoms with Crippen molar-refractivity contribution in [2.75, 3.05) is 13.6 Å². The maximum atomic E-state index is 6.21. The van der Waals surface area contributed by atoms with Gasteiger partial charge in [-0.15, -0.1) is 11.3 Å². The normalized spacial score (nSPS) is 29.0. The minimum absolute atomic E-state index is 0.241. The Hall–Kier alpha value is -0.380. The van der Waals surface area contributed by atoms with Crippen molar-refractivity contribution in [1.29, 1.82) is 0 Å². The van der Waals surface area contributed by atoms with E-state index in [4.69, 9.17) is 5.73 Å². The summed E-state index contributed by atoms with van der Waals surface area (Å²) in [7, 11) is 2.29. The van der Waals surface area contributed by atoms with E-state index in [1.54, 1.807) is 0 Å². The summed E-state index contributed by atoms with van der Waals surface area (Å²) in [5, 5.41) is 2.17. The molecule has 19 heavy (non-hydrogen) atoms. The minimum Gasteiger partial charge on any atom is -0.329 e. The second-order valence-corrected chi connectivity index (χ2v) is 7.08. The van der Waals surface area contributed by atoms with Crippen LogP contribution in [0.25, 0.3) is 0 Å². The van der Waals surface area contributed by atoms with Gasteiger partial charge < -0.3 is 5.73 Å². The fourth-order valence-electron chi connectivity index (χ4n) is 3.88. The summed E-state index contributed by atoms with van der Waals surface area (Å²) < 4.78 is 0. The van der Waals surface area contributed by atoms with Crippen molar-refractivity contribution in [2.45, 2.75) is 57.5 Å². The highest BCUT2D eigenvalue weighted by Crippen LogP contribution is 2.42. The zero-order valence-corrected chi connectivity index (χ0v) is 13.4. The number of hydrogen-bond acceptors (Lipinski definition) is 3. The van der Waals surface area contributed by atoms with Crippen LogP contribution in [0.1, 0.15) is 44.4 Å². The number of thiophene rings is 1. The quantitative estimate of drug-likeness (QED) is 0.864. The van der Waals surface area contributed by atoms with Crippen LogP contribution in [0.3, 0.4) is 0 Å². The van der Waals surface area contributed by atoms with Crippen LogP contribution in [-0.2, 0) is 6.42 Å². The largest absolute Gasteiger partial charge is 0.329 e. The fraction of sp³-hybridized carbons (Fsp3) is 0.750. The Labute approximate surface area is 122 Å². The average Bonchev–Trinajstić information content (AvgIpc) is 3.06. The van der Waals surface area contributed by atoms with Crippen LogP contribution in [0, 0.1) is 5.92 Å². The first-order valence-electron chi connectivity index (χ1n) is 7.59. The van der Waals surface area contributed by atoms with Gasteiger partial charge in [-0.25, -0.2) is 0 Å². The van der Waals surface area contributed by atoms with Gasteiger partial charge in [-0.3, -0.25) is 4.90 Å². The van der Waals surface area contributed by atoms with E-state index in [2.05, 4.69) is 43.3 Å². The highest BCUT2D eigenvalue weighted by molar-refractivity contribution is 7.09. The van der Waals surface area contributed by atoms with Gasteiger partial charge in [-0.2, -0.15) is 0 Å². The standard InChI is InChI=1S/C16H28N2S/c1-4-14-7-5-9-16(14,12-17)18(3)13(2)11-15-8-6-10-19-15/h6,8,10,13-14H,4-5,7,9,11-12,17H2,1-3H3. The third-order valence-corrected chi connectivity index (χ3v) is 6.11. The second kappa shape index (κ2) is 6.38. The third-order valence-electron chi connectivity index (χ3n) is 5.21. The van der Waals surface area contributed by atoms with E-state index in [1.807, 2.05) is 11.3 Å². The van der Waals surface area contributed by atoms with Gasteiger partial charge >= 0.3 is 0 Å². The fourth-order valence-corrected chi connectivity index (χ4v) is 4.71. The van der Waals surface area contributed by atoms with E-state index in [-0.39, 0.29) is 5.54 Å². The Kier molecular flexibility index (Phi) is 5.04. The zero-order valence-electron chi connectivity index (χ0n) is 12.6. The highest BCUT2D eigenvalue weighted by Gasteiger charge is 2.45. The van der Waals surface area contributed by atoms with Crippen LogP contribution in [0.5, 0.6) is 0 Å². The number of nitrogens with two attached hydrogens (primary N) is 1. The van der Waals surface area contributed by atoms with E-state index >= 15 is 0 Å². The molecule has 1 heterocycles. The first-order valence-corrected chi connectivity index (χ1v) is 8.47. The summed E-state index contributed by atoms with van der Waals surface area (Å²) in [5.41, 5.74) is 6.45. The Bertz CT molecular complexity index is 376. The number of rotatable bonds is 6. The first-order chi connectivity index (χ1) is 9.14. The van der Waals surface area contributed by atoms with E-state index in [1.165, 1.54) is 30.6 Å². The number of hydrogen-bond donors (Lipinski definition) is 1. The molecule has 0 spiro atoms. The Balaban J connectivity index is 2.09. The lowest BCUT2D eigenvalue weighted by Gasteiger charge is -2.46. The lowest BCUT2D eigenvalue weighted by atomic mass is 9.82.